The summed E-state index contributed by atoms with van der Waals surface area (Å²) in [6, 6.07) is 0. The molecule has 4 nitrogen and oxygen atoms in total. The molecule has 1 atom stereocenters. The lowest BCUT2D eigenvalue weighted by Crippen LogP contribution is -2.30. The lowest BCUT2D eigenvalue weighted by molar-refractivity contribution is 0.333. The summed E-state index contributed by atoms with van der Waals surface area (Å²) in [5.41, 5.74) is 0. The van der Waals surface area contributed by atoms with Crippen molar-refractivity contribution in [3.63, 3.8) is 0 Å². The number of hydrogen-bond donors (Lipinski definition) is 1. The van der Waals surface area contributed by atoms with E-state index in [2.05, 4.69) is 33.9 Å². The molecule has 4 heteroatoms. The van der Waals surface area contributed by atoms with E-state index in [0.29, 0.717) is 0 Å². The highest BCUT2D eigenvalue weighted by atomic mass is 15.3. The minimum Gasteiger partial charge on any atom is -0.316 e. The van der Waals surface area contributed by atoms with Gasteiger partial charge in [0.25, 0.3) is 0 Å². The van der Waals surface area contributed by atoms with E-state index in [1.165, 1.54) is 32.4 Å². The van der Waals surface area contributed by atoms with Crippen LogP contribution in [-0.2, 0) is 19.4 Å². The van der Waals surface area contributed by atoms with Gasteiger partial charge in [0.1, 0.15) is 5.82 Å². The molecule has 0 amide bonds. The molecule has 1 aromatic heterocycles. The van der Waals surface area contributed by atoms with E-state index in [1.807, 2.05) is 0 Å². The van der Waals surface area contributed by atoms with Gasteiger partial charge in [0.05, 0.1) is 0 Å². The Morgan fingerprint density at radius 3 is 2.88 bits per heavy atom. The van der Waals surface area contributed by atoms with Crippen LogP contribution in [-0.4, -0.2) is 27.9 Å². The summed E-state index contributed by atoms with van der Waals surface area (Å²) >= 11 is 0. The van der Waals surface area contributed by atoms with Crippen molar-refractivity contribution in [3.05, 3.63) is 11.6 Å². The highest BCUT2D eigenvalue weighted by molar-refractivity contribution is 4.92. The van der Waals surface area contributed by atoms with Crippen LogP contribution in [0.15, 0.2) is 0 Å². The molecule has 0 spiro atoms. The van der Waals surface area contributed by atoms with E-state index < -0.39 is 0 Å². The van der Waals surface area contributed by atoms with Crippen LogP contribution in [0.4, 0.5) is 0 Å². The second-order valence-electron chi connectivity index (χ2n) is 4.88. The molecule has 1 aromatic rings. The van der Waals surface area contributed by atoms with Gasteiger partial charge >= 0.3 is 0 Å². The normalized spacial score (nSPS) is 20.7. The molecule has 1 aliphatic heterocycles. The van der Waals surface area contributed by atoms with Crippen molar-refractivity contribution in [1.29, 1.82) is 0 Å². The van der Waals surface area contributed by atoms with Gasteiger partial charge in [-0.2, -0.15) is 5.10 Å². The van der Waals surface area contributed by atoms with Crippen LogP contribution >= 0.6 is 0 Å². The number of nitrogens with zero attached hydrogens (tertiary/aromatic N) is 3. The molecule has 0 aromatic carbocycles. The summed E-state index contributed by atoms with van der Waals surface area (Å²) < 4.78 is 2.12. The molecule has 1 saturated heterocycles. The third-order valence-corrected chi connectivity index (χ3v) is 3.57. The van der Waals surface area contributed by atoms with Crippen LogP contribution in [0.25, 0.3) is 0 Å². The highest BCUT2D eigenvalue weighted by Gasteiger charge is 2.14. The molecule has 0 saturated carbocycles. The van der Waals surface area contributed by atoms with Crippen molar-refractivity contribution in [1.82, 2.24) is 20.1 Å². The first kappa shape index (κ1) is 12.6. The van der Waals surface area contributed by atoms with Crippen molar-refractivity contribution >= 4 is 0 Å². The van der Waals surface area contributed by atoms with Gasteiger partial charge in [-0.05, 0) is 38.3 Å². The molecule has 2 heterocycles. The zero-order valence-corrected chi connectivity index (χ0v) is 11.1. The minimum absolute atomic E-state index is 0.822. The smallest absolute Gasteiger partial charge is 0.150 e. The predicted molar refractivity (Wildman–Crippen MR) is 69.0 cm³/mol. The van der Waals surface area contributed by atoms with Crippen molar-refractivity contribution < 1.29 is 0 Å². The lowest BCUT2D eigenvalue weighted by atomic mass is 9.96. The van der Waals surface area contributed by atoms with Gasteiger partial charge < -0.3 is 5.32 Å². The van der Waals surface area contributed by atoms with Crippen molar-refractivity contribution in [2.24, 2.45) is 5.92 Å². The van der Waals surface area contributed by atoms with Gasteiger partial charge in [0, 0.05) is 19.4 Å². The maximum Gasteiger partial charge on any atom is 0.150 e. The van der Waals surface area contributed by atoms with Crippen LogP contribution in [0, 0.1) is 5.92 Å². The summed E-state index contributed by atoms with van der Waals surface area (Å²) in [4.78, 5) is 4.55. The first-order chi connectivity index (χ1) is 8.33. The van der Waals surface area contributed by atoms with Crippen molar-refractivity contribution in [2.75, 3.05) is 13.1 Å². The lowest BCUT2D eigenvalue weighted by Gasteiger charge is -2.22. The van der Waals surface area contributed by atoms with Crippen molar-refractivity contribution in [2.45, 2.75) is 52.5 Å². The number of aromatic nitrogens is 3. The summed E-state index contributed by atoms with van der Waals surface area (Å²) in [6.07, 6.45) is 5.83. The van der Waals surface area contributed by atoms with Crippen LogP contribution in [0.5, 0.6) is 0 Å². The summed E-state index contributed by atoms with van der Waals surface area (Å²) in [5.74, 6) is 2.96. The van der Waals surface area contributed by atoms with Gasteiger partial charge in [-0.3, -0.25) is 0 Å². The van der Waals surface area contributed by atoms with Crippen LogP contribution in [0.2, 0.25) is 0 Å². The maximum atomic E-state index is 4.57. The van der Waals surface area contributed by atoms with E-state index in [9.17, 15) is 0 Å². The molecule has 1 fully saturated rings. The topological polar surface area (TPSA) is 42.7 Å². The highest BCUT2D eigenvalue weighted by Crippen LogP contribution is 2.15. The van der Waals surface area contributed by atoms with Gasteiger partial charge in [0.15, 0.2) is 5.82 Å². The number of nitrogens with one attached hydrogen (secondary N) is 1. The van der Waals surface area contributed by atoms with E-state index >= 15 is 0 Å². The molecule has 1 aliphatic rings. The first-order valence-corrected chi connectivity index (χ1v) is 6.96. The van der Waals surface area contributed by atoms with Gasteiger partial charge in [-0.1, -0.05) is 13.8 Å². The molecule has 96 valence electrons. The summed E-state index contributed by atoms with van der Waals surface area (Å²) in [5, 5.41) is 8.04. The number of aryl methyl sites for hydroxylation is 3. The van der Waals surface area contributed by atoms with Crippen LogP contribution in [0.1, 0.15) is 44.8 Å². The first-order valence-electron chi connectivity index (χ1n) is 6.96. The Bertz CT molecular complexity index is 339. The Labute approximate surface area is 104 Å². The molecule has 0 bridgehead atoms. The van der Waals surface area contributed by atoms with E-state index in [1.54, 1.807) is 0 Å². The number of hydrogen-bond acceptors (Lipinski definition) is 3. The summed E-state index contributed by atoms with van der Waals surface area (Å²) in [6.45, 7) is 7.67. The average molecular weight is 236 g/mol. The van der Waals surface area contributed by atoms with Gasteiger partial charge in [0.2, 0.25) is 0 Å². The molecule has 1 unspecified atom stereocenters. The van der Waals surface area contributed by atoms with E-state index in [4.69, 9.17) is 0 Å². The Balaban J connectivity index is 1.90. The molecule has 1 N–H and O–H groups in total. The monoisotopic (exact) mass is 236 g/mol. The molecular weight excluding hydrogens is 212 g/mol. The standard InChI is InChI=1S/C13H24N4/c1-3-12-15-13(4-2)17(16-12)9-7-11-6-5-8-14-10-11/h11,14H,3-10H2,1-2H3. The average Bonchev–Trinajstić information content (AvgIpc) is 2.80. The zero-order valence-electron chi connectivity index (χ0n) is 11.1. The maximum absolute atomic E-state index is 4.57. The second kappa shape index (κ2) is 6.15. The second-order valence-corrected chi connectivity index (χ2v) is 4.88. The number of rotatable bonds is 5. The molecule has 2 rings (SSSR count). The minimum atomic E-state index is 0.822. The third kappa shape index (κ3) is 3.28. The predicted octanol–water partition coefficient (Wildman–Crippen LogP) is 1.79. The molecule has 17 heavy (non-hydrogen) atoms. The Morgan fingerprint density at radius 1 is 1.35 bits per heavy atom. The van der Waals surface area contributed by atoms with Crippen molar-refractivity contribution in [3.8, 4) is 0 Å². The third-order valence-electron chi connectivity index (χ3n) is 3.57. The molecule has 0 aliphatic carbocycles. The van der Waals surface area contributed by atoms with E-state index in [0.717, 1.165) is 37.0 Å². The molecule has 0 radical (unpaired) electrons. The Hall–Kier alpha value is -0.900. The van der Waals surface area contributed by atoms with Crippen LogP contribution < -0.4 is 5.32 Å². The Morgan fingerprint density at radius 2 is 2.24 bits per heavy atom. The summed E-state index contributed by atoms with van der Waals surface area (Å²) in [7, 11) is 0. The van der Waals surface area contributed by atoms with Crippen LogP contribution in [0.3, 0.4) is 0 Å². The number of piperidine rings is 1. The Kier molecular flexibility index (Phi) is 4.54. The molecular formula is C13H24N4. The quantitative estimate of drug-likeness (QED) is 0.847. The fourth-order valence-corrected chi connectivity index (χ4v) is 2.49. The van der Waals surface area contributed by atoms with Gasteiger partial charge in [-0.25, -0.2) is 9.67 Å². The zero-order chi connectivity index (χ0) is 12.1. The van der Waals surface area contributed by atoms with E-state index in [-0.39, 0.29) is 0 Å². The van der Waals surface area contributed by atoms with Gasteiger partial charge in [-0.15, -0.1) is 0 Å². The largest absolute Gasteiger partial charge is 0.316 e. The SMILES string of the molecule is CCc1nc(CC)n(CCC2CCCNC2)n1. The fraction of sp³-hybridized carbons (Fsp3) is 0.846. The fourth-order valence-electron chi connectivity index (χ4n) is 2.49.